The second-order valence-electron chi connectivity index (χ2n) is 2.96. The molecular weight excluding hydrogens is 249 g/mol. The van der Waals surface area contributed by atoms with Crippen LogP contribution < -0.4 is 16.2 Å². The van der Waals surface area contributed by atoms with Crippen LogP contribution in [0.25, 0.3) is 0 Å². The van der Waals surface area contributed by atoms with Gasteiger partial charge in [-0.3, -0.25) is 0 Å². The number of nitrogens with zero attached hydrogens (tertiary/aromatic N) is 1. The van der Waals surface area contributed by atoms with E-state index in [2.05, 4.69) is 9.72 Å². The minimum absolute atomic E-state index is 0.271. The zero-order valence-corrected chi connectivity index (χ0v) is 8.26. The second-order valence-corrected chi connectivity index (χ2v) is 2.96. The Labute approximate surface area is 92.4 Å². The Morgan fingerprint density at radius 1 is 1.35 bits per heavy atom. The summed E-state index contributed by atoms with van der Waals surface area (Å²) in [5.41, 5.74) is 9.25. The quantitative estimate of drug-likeness (QED) is 0.812. The first-order valence-electron chi connectivity index (χ1n) is 4.28. The lowest BCUT2D eigenvalue weighted by Gasteiger charge is -2.14. The van der Waals surface area contributed by atoms with Crippen LogP contribution >= 0.6 is 0 Å². The van der Waals surface area contributed by atoms with Crippen molar-refractivity contribution in [1.29, 1.82) is 0 Å². The van der Waals surface area contributed by atoms with Gasteiger partial charge in [0.25, 0.3) is 6.43 Å². The Kier molecular flexibility index (Phi) is 3.71. The molecule has 17 heavy (non-hydrogen) atoms. The monoisotopic (exact) mass is 257 g/mol. The number of alkyl halides is 5. The predicted molar refractivity (Wildman–Crippen MR) is 48.2 cm³/mol. The molecule has 1 aromatic heterocycles. The summed E-state index contributed by atoms with van der Waals surface area (Å²) in [6.07, 6.45) is -8.04. The van der Waals surface area contributed by atoms with Gasteiger partial charge in [0.05, 0.1) is 5.69 Å². The molecule has 0 fully saturated rings. The number of aromatic nitrogens is 1. The van der Waals surface area contributed by atoms with Crippen LogP contribution in [0.2, 0.25) is 0 Å². The number of nitrogen functional groups attached to an aromatic ring is 1. The lowest BCUT2D eigenvalue weighted by molar-refractivity contribution is -0.274. The van der Waals surface area contributed by atoms with Crippen LogP contribution in [0.4, 0.5) is 27.8 Å². The third kappa shape index (κ3) is 3.41. The summed E-state index contributed by atoms with van der Waals surface area (Å²) in [7, 11) is 0. The summed E-state index contributed by atoms with van der Waals surface area (Å²) in [6.45, 7) is -0.365. The molecule has 0 saturated heterocycles. The first-order chi connectivity index (χ1) is 7.74. The van der Waals surface area contributed by atoms with E-state index in [1.165, 1.54) is 0 Å². The number of pyridine rings is 1. The van der Waals surface area contributed by atoms with Gasteiger partial charge in [-0.05, 0) is 6.07 Å². The van der Waals surface area contributed by atoms with Crippen molar-refractivity contribution in [3.63, 3.8) is 0 Å². The van der Waals surface area contributed by atoms with E-state index in [-0.39, 0.29) is 12.2 Å². The van der Waals surface area contributed by atoms with Crippen molar-refractivity contribution in [3.8, 4) is 5.75 Å². The number of anilines is 1. The molecule has 0 bridgehead atoms. The molecule has 0 radical (unpaired) electrons. The average Bonchev–Trinajstić information content (AvgIpc) is 2.18. The third-order valence-corrected chi connectivity index (χ3v) is 1.78. The highest BCUT2D eigenvalue weighted by atomic mass is 19.4. The molecule has 9 heteroatoms. The number of hydrogen-bond acceptors (Lipinski definition) is 4. The van der Waals surface area contributed by atoms with Crippen molar-refractivity contribution in [2.75, 3.05) is 5.73 Å². The van der Waals surface area contributed by atoms with E-state index in [4.69, 9.17) is 11.5 Å². The van der Waals surface area contributed by atoms with Gasteiger partial charge in [0, 0.05) is 12.1 Å². The molecule has 96 valence electrons. The van der Waals surface area contributed by atoms with Gasteiger partial charge >= 0.3 is 6.36 Å². The molecule has 0 amide bonds. The highest BCUT2D eigenvalue weighted by Crippen LogP contribution is 2.32. The maximum absolute atomic E-state index is 12.5. The number of nitrogens with two attached hydrogens (primary N) is 2. The van der Waals surface area contributed by atoms with Gasteiger partial charge in [-0.25, -0.2) is 13.8 Å². The van der Waals surface area contributed by atoms with Crippen molar-refractivity contribution in [3.05, 3.63) is 17.3 Å². The summed E-state index contributed by atoms with van der Waals surface area (Å²) >= 11 is 0. The van der Waals surface area contributed by atoms with E-state index < -0.39 is 29.9 Å². The average molecular weight is 257 g/mol. The van der Waals surface area contributed by atoms with Crippen molar-refractivity contribution in [1.82, 2.24) is 4.98 Å². The van der Waals surface area contributed by atoms with Gasteiger partial charge in [0.15, 0.2) is 11.6 Å². The predicted octanol–water partition coefficient (Wildman–Crippen LogP) is 1.96. The molecule has 1 rings (SSSR count). The van der Waals surface area contributed by atoms with Gasteiger partial charge in [0.1, 0.15) is 0 Å². The first-order valence-corrected chi connectivity index (χ1v) is 4.28. The smallest absolute Gasteiger partial charge is 0.402 e. The highest BCUT2D eigenvalue weighted by molar-refractivity contribution is 5.49. The maximum atomic E-state index is 12.5. The summed E-state index contributed by atoms with van der Waals surface area (Å²) in [5.74, 6) is -1.61. The largest absolute Gasteiger partial charge is 0.573 e. The molecule has 1 heterocycles. The SMILES string of the molecule is NCc1nc(N)c(OC(F)(F)F)cc1C(F)F. The molecule has 0 unspecified atom stereocenters. The molecule has 0 saturated carbocycles. The van der Waals surface area contributed by atoms with E-state index in [1.54, 1.807) is 0 Å². The van der Waals surface area contributed by atoms with Crippen LogP contribution in [-0.2, 0) is 6.54 Å². The van der Waals surface area contributed by atoms with Crippen LogP contribution in [0.5, 0.6) is 5.75 Å². The topological polar surface area (TPSA) is 74.2 Å². The van der Waals surface area contributed by atoms with Crippen LogP contribution in [0.3, 0.4) is 0 Å². The summed E-state index contributed by atoms with van der Waals surface area (Å²) in [5, 5.41) is 0. The van der Waals surface area contributed by atoms with Crippen molar-refractivity contribution in [2.45, 2.75) is 19.3 Å². The molecule has 0 atom stereocenters. The molecular formula is C8H8F5N3O. The minimum Gasteiger partial charge on any atom is -0.402 e. The number of rotatable bonds is 3. The highest BCUT2D eigenvalue weighted by Gasteiger charge is 2.33. The van der Waals surface area contributed by atoms with Gasteiger partial charge in [-0.15, -0.1) is 13.2 Å². The minimum atomic E-state index is -5.03. The number of ether oxygens (including phenoxy) is 1. The van der Waals surface area contributed by atoms with E-state index in [0.717, 1.165) is 0 Å². The molecule has 0 aliphatic rings. The third-order valence-electron chi connectivity index (χ3n) is 1.78. The molecule has 0 aliphatic heterocycles. The lowest BCUT2D eigenvalue weighted by atomic mass is 10.2. The van der Waals surface area contributed by atoms with Gasteiger partial charge in [-0.2, -0.15) is 0 Å². The van der Waals surface area contributed by atoms with E-state index >= 15 is 0 Å². The molecule has 0 aliphatic carbocycles. The second kappa shape index (κ2) is 4.70. The van der Waals surface area contributed by atoms with Gasteiger partial charge in [0.2, 0.25) is 0 Å². The van der Waals surface area contributed by atoms with Crippen LogP contribution in [0.1, 0.15) is 17.7 Å². The van der Waals surface area contributed by atoms with Crippen LogP contribution in [0.15, 0.2) is 6.07 Å². The number of hydrogen-bond donors (Lipinski definition) is 2. The summed E-state index contributed by atoms with van der Waals surface area (Å²) in [6, 6.07) is 0.489. The molecule has 0 spiro atoms. The molecule has 4 nitrogen and oxygen atoms in total. The zero-order chi connectivity index (χ0) is 13.2. The van der Waals surface area contributed by atoms with E-state index in [0.29, 0.717) is 6.07 Å². The van der Waals surface area contributed by atoms with E-state index in [1.807, 2.05) is 0 Å². The molecule has 1 aromatic rings. The van der Waals surface area contributed by atoms with Gasteiger partial charge in [-0.1, -0.05) is 0 Å². The first kappa shape index (κ1) is 13.4. The number of halogens is 5. The fourth-order valence-corrected chi connectivity index (χ4v) is 1.12. The maximum Gasteiger partial charge on any atom is 0.573 e. The molecule has 0 aromatic carbocycles. The Bertz CT molecular complexity index is 407. The Hall–Kier alpha value is -1.64. The van der Waals surface area contributed by atoms with Crippen molar-refractivity contribution < 1.29 is 26.7 Å². The standard InChI is InChI=1S/C8H8F5N3O/c9-6(10)3-1-5(17-8(11,12)13)7(15)16-4(3)2-14/h1,6H,2,14H2,(H2,15,16). The van der Waals surface area contributed by atoms with Crippen LogP contribution in [0, 0.1) is 0 Å². The Morgan fingerprint density at radius 2 is 1.94 bits per heavy atom. The summed E-state index contributed by atoms with van der Waals surface area (Å²) in [4.78, 5) is 3.34. The zero-order valence-electron chi connectivity index (χ0n) is 8.26. The van der Waals surface area contributed by atoms with Gasteiger partial charge < -0.3 is 16.2 Å². The lowest BCUT2D eigenvalue weighted by Crippen LogP contribution is -2.19. The summed E-state index contributed by atoms with van der Waals surface area (Å²) < 4.78 is 64.2. The Morgan fingerprint density at radius 3 is 2.35 bits per heavy atom. The Balaban J connectivity index is 3.20. The van der Waals surface area contributed by atoms with Crippen molar-refractivity contribution in [2.24, 2.45) is 5.73 Å². The molecule has 4 N–H and O–H groups in total. The van der Waals surface area contributed by atoms with Crippen LogP contribution in [-0.4, -0.2) is 11.3 Å². The van der Waals surface area contributed by atoms with Crippen molar-refractivity contribution >= 4 is 5.82 Å². The fraction of sp³-hybridized carbons (Fsp3) is 0.375. The normalized spacial score (nSPS) is 11.9. The fourth-order valence-electron chi connectivity index (χ4n) is 1.12. The van der Waals surface area contributed by atoms with E-state index in [9.17, 15) is 22.0 Å².